The van der Waals surface area contributed by atoms with Crippen molar-refractivity contribution >= 4 is 52.6 Å². The zero-order valence-electron chi connectivity index (χ0n) is 15.7. The van der Waals surface area contributed by atoms with Gasteiger partial charge in [-0.15, -0.1) is 11.8 Å². The van der Waals surface area contributed by atoms with Gasteiger partial charge in [0, 0.05) is 22.0 Å². The monoisotopic (exact) mass is 445 g/mol. The zero-order valence-corrected chi connectivity index (χ0v) is 18.1. The molecule has 0 spiro atoms. The predicted molar refractivity (Wildman–Crippen MR) is 125 cm³/mol. The van der Waals surface area contributed by atoms with Crippen molar-refractivity contribution in [1.82, 2.24) is 5.43 Å². The number of hydrogen-bond donors (Lipinski definition) is 2. The van der Waals surface area contributed by atoms with E-state index in [1.807, 2.05) is 36.4 Å². The van der Waals surface area contributed by atoms with Crippen LogP contribution in [-0.2, 0) is 11.5 Å². The van der Waals surface area contributed by atoms with Crippen LogP contribution >= 0.6 is 35.6 Å². The molecule has 150 valence electrons. The number of methoxy groups -OCH3 is 1. The van der Waals surface area contributed by atoms with E-state index in [1.54, 1.807) is 43.5 Å². The molecule has 8 heteroatoms. The van der Waals surface area contributed by atoms with Crippen LogP contribution in [0.25, 0.3) is 0 Å². The Morgan fingerprint density at radius 2 is 2.03 bits per heavy atom. The topological polar surface area (TPSA) is 58.8 Å². The highest BCUT2D eigenvalue weighted by Crippen LogP contribution is 2.26. The summed E-state index contributed by atoms with van der Waals surface area (Å²) in [5.74, 6) is 3.41. The second-order valence-corrected chi connectivity index (χ2v) is 7.80. The molecule has 29 heavy (non-hydrogen) atoms. The molecule has 3 aromatic rings. The number of nitrogens with zero attached hydrogens (tertiary/aromatic N) is 1. The van der Waals surface area contributed by atoms with E-state index in [1.165, 1.54) is 0 Å². The van der Waals surface area contributed by atoms with Gasteiger partial charge < -0.3 is 14.5 Å². The molecule has 0 aliphatic heterocycles. The third-order valence-electron chi connectivity index (χ3n) is 3.87. The first kappa shape index (κ1) is 21.2. The summed E-state index contributed by atoms with van der Waals surface area (Å²) in [5, 5.41) is 8.31. The normalized spacial score (nSPS) is 10.8. The summed E-state index contributed by atoms with van der Waals surface area (Å²) in [6.45, 7) is 0. The quantitative estimate of drug-likeness (QED) is 0.263. The Balaban J connectivity index is 1.55. The van der Waals surface area contributed by atoms with Gasteiger partial charge in [0.1, 0.15) is 11.5 Å². The number of benzene rings is 2. The van der Waals surface area contributed by atoms with Crippen LogP contribution in [0, 0.1) is 0 Å². The van der Waals surface area contributed by atoms with Crippen LogP contribution in [0.3, 0.4) is 0 Å². The van der Waals surface area contributed by atoms with Crippen molar-refractivity contribution in [3.05, 3.63) is 82.8 Å². The molecule has 3 rings (SSSR count). The van der Waals surface area contributed by atoms with Gasteiger partial charge in [0.15, 0.2) is 5.11 Å². The Morgan fingerprint density at radius 1 is 1.21 bits per heavy atom. The highest BCUT2D eigenvalue weighted by molar-refractivity contribution is 7.97. The summed E-state index contributed by atoms with van der Waals surface area (Å²) in [7, 11) is 1.67. The van der Waals surface area contributed by atoms with Crippen LogP contribution in [0.2, 0.25) is 5.02 Å². The minimum Gasteiger partial charge on any atom is -0.496 e. The van der Waals surface area contributed by atoms with Crippen LogP contribution in [0.15, 0.2) is 70.4 Å². The van der Waals surface area contributed by atoms with Crippen molar-refractivity contribution in [3.63, 3.8) is 0 Å². The number of hydrogen-bond acceptors (Lipinski definition) is 5. The molecule has 1 heterocycles. The van der Waals surface area contributed by atoms with E-state index < -0.39 is 0 Å². The Labute approximate surface area is 184 Å². The number of rotatable bonds is 8. The molecule has 0 unspecified atom stereocenters. The summed E-state index contributed by atoms with van der Waals surface area (Å²) in [6.07, 6.45) is 3.41. The molecular formula is C21H20ClN3O2S2. The first-order chi connectivity index (χ1) is 14.1. The van der Waals surface area contributed by atoms with Crippen LogP contribution in [0.5, 0.6) is 5.75 Å². The standard InChI is InChI=1S/C21H20ClN3O2S2/c1-26-20-9-4-15(11-16(20)13-29-14-19-3-2-10-27-19)12-23-25-21(28)24-18-7-5-17(22)6-8-18/h2-12H,13-14H2,1H3,(H2,24,25,28). The second-order valence-electron chi connectivity index (χ2n) is 5.97. The summed E-state index contributed by atoms with van der Waals surface area (Å²) >= 11 is 12.9. The number of ether oxygens (including phenoxy) is 1. The van der Waals surface area contributed by atoms with Gasteiger partial charge in [0.2, 0.25) is 0 Å². The average molecular weight is 446 g/mol. The van der Waals surface area contributed by atoms with E-state index in [4.69, 9.17) is 33.0 Å². The first-order valence-electron chi connectivity index (χ1n) is 8.76. The molecule has 5 nitrogen and oxygen atoms in total. The van der Waals surface area contributed by atoms with Gasteiger partial charge in [-0.3, -0.25) is 5.43 Å². The summed E-state index contributed by atoms with van der Waals surface area (Å²) < 4.78 is 10.8. The molecule has 0 saturated heterocycles. The lowest BCUT2D eigenvalue weighted by Gasteiger charge is -2.09. The van der Waals surface area contributed by atoms with Gasteiger partial charge >= 0.3 is 0 Å². The zero-order chi connectivity index (χ0) is 20.5. The minimum absolute atomic E-state index is 0.395. The van der Waals surface area contributed by atoms with Crippen molar-refractivity contribution in [1.29, 1.82) is 0 Å². The Kier molecular flexibility index (Phi) is 7.98. The molecule has 2 aromatic carbocycles. The highest BCUT2D eigenvalue weighted by atomic mass is 35.5. The van der Waals surface area contributed by atoms with E-state index in [9.17, 15) is 0 Å². The van der Waals surface area contributed by atoms with Crippen LogP contribution in [-0.4, -0.2) is 18.4 Å². The number of halogens is 1. The summed E-state index contributed by atoms with van der Waals surface area (Å²) in [5.41, 5.74) is 5.69. The van der Waals surface area contributed by atoms with Gasteiger partial charge in [-0.2, -0.15) is 5.10 Å². The Bertz CT molecular complexity index is 961. The SMILES string of the molecule is COc1ccc(C=NNC(=S)Nc2ccc(Cl)cc2)cc1CSCc1ccco1. The van der Waals surface area contributed by atoms with Crippen LogP contribution < -0.4 is 15.5 Å². The van der Waals surface area contributed by atoms with Crippen molar-refractivity contribution in [2.45, 2.75) is 11.5 Å². The lowest BCUT2D eigenvalue weighted by molar-refractivity contribution is 0.411. The fourth-order valence-electron chi connectivity index (χ4n) is 2.51. The number of thiocarbonyl (C=S) groups is 1. The van der Waals surface area contributed by atoms with E-state index in [0.717, 1.165) is 39.8 Å². The Hall–Kier alpha value is -2.48. The summed E-state index contributed by atoms with van der Waals surface area (Å²) in [4.78, 5) is 0. The smallest absolute Gasteiger partial charge is 0.191 e. The molecule has 0 bridgehead atoms. The first-order valence-corrected chi connectivity index (χ1v) is 10.7. The Morgan fingerprint density at radius 3 is 2.76 bits per heavy atom. The molecule has 0 fully saturated rings. The molecule has 0 radical (unpaired) electrons. The lowest BCUT2D eigenvalue weighted by Crippen LogP contribution is -2.23. The largest absolute Gasteiger partial charge is 0.496 e. The number of hydrazone groups is 1. The molecule has 0 amide bonds. The maximum atomic E-state index is 5.88. The second kappa shape index (κ2) is 10.9. The number of anilines is 1. The van der Waals surface area contributed by atoms with Crippen molar-refractivity contribution in [3.8, 4) is 5.75 Å². The molecule has 0 aliphatic carbocycles. The maximum absolute atomic E-state index is 5.88. The van der Waals surface area contributed by atoms with Crippen LogP contribution in [0.1, 0.15) is 16.9 Å². The number of nitrogens with one attached hydrogen (secondary N) is 2. The molecule has 2 N–H and O–H groups in total. The number of furan rings is 1. The third-order valence-corrected chi connectivity index (χ3v) is 5.32. The molecule has 0 saturated carbocycles. The molecule has 1 aromatic heterocycles. The van der Waals surface area contributed by atoms with Gasteiger partial charge in [-0.1, -0.05) is 11.6 Å². The lowest BCUT2D eigenvalue weighted by atomic mass is 10.1. The van der Waals surface area contributed by atoms with E-state index in [2.05, 4.69) is 21.9 Å². The van der Waals surface area contributed by atoms with Gasteiger partial charge in [-0.05, 0) is 72.4 Å². The van der Waals surface area contributed by atoms with Crippen molar-refractivity contribution < 1.29 is 9.15 Å². The van der Waals surface area contributed by atoms with Crippen molar-refractivity contribution in [2.75, 3.05) is 12.4 Å². The van der Waals surface area contributed by atoms with E-state index in [0.29, 0.717) is 10.1 Å². The fraction of sp³-hybridized carbons (Fsp3) is 0.143. The maximum Gasteiger partial charge on any atom is 0.191 e. The van der Waals surface area contributed by atoms with E-state index in [-0.39, 0.29) is 0 Å². The van der Waals surface area contributed by atoms with E-state index >= 15 is 0 Å². The average Bonchev–Trinajstić information content (AvgIpc) is 3.23. The van der Waals surface area contributed by atoms with Crippen molar-refractivity contribution in [2.24, 2.45) is 5.10 Å². The minimum atomic E-state index is 0.395. The van der Waals surface area contributed by atoms with Gasteiger partial charge in [0.05, 0.1) is 25.3 Å². The molecular weight excluding hydrogens is 426 g/mol. The number of thioether (sulfide) groups is 1. The fourth-order valence-corrected chi connectivity index (χ4v) is 3.72. The summed E-state index contributed by atoms with van der Waals surface area (Å²) in [6, 6.07) is 17.1. The third kappa shape index (κ3) is 6.81. The highest BCUT2D eigenvalue weighted by Gasteiger charge is 2.05. The van der Waals surface area contributed by atoms with Gasteiger partial charge in [0.25, 0.3) is 0 Å². The molecule has 0 aliphatic rings. The predicted octanol–water partition coefficient (Wildman–Crippen LogP) is 5.70. The molecule has 0 atom stereocenters. The van der Waals surface area contributed by atoms with Crippen LogP contribution in [0.4, 0.5) is 5.69 Å². The van der Waals surface area contributed by atoms with Gasteiger partial charge in [-0.25, -0.2) is 0 Å².